The number of anilines is 1. The van der Waals surface area contributed by atoms with Crippen molar-refractivity contribution in [1.82, 2.24) is 0 Å². The highest BCUT2D eigenvalue weighted by Gasteiger charge is 2.27. The summed E-state index contributed by atoms with van der Waals surface area (Å²) in [5.74, 6) is -1.29. The van der Waals surface area contributed by atoms with Crippen LogP contribution in [0.15, 0.2) is 47.4 Å². The maximum absolute atomic E-state index is 13.1. The molecule has 2 rings (SSSR count). The zero-order chi connectivity index (χ0) is 17.9. The van der Waals surface area contributed by atoms with E-state index in [1.165, 1.54) is 12.1 Å². The first-order valence-corrected chi connectivity index (χ1v) is 8.69. The first kappa shape index (κ1) is 18.2. The SMILES string of the molecule is COC(=O)CN(c1ccc(Cl)c(C)c1)S(=O)(=O)c1ccc(F)cc1. The predicted molar refractivity (Wildman–Crippen MR) is 89.1 cm³/mol. The molecule has 0 amide bonds. The molecule has 5 nitrogen and oxygen atoms in total. The molecular formula is C16H15ClFNO4S. The number of benzene rings is 2. The summed E-state index contributed by atoms with van der Waals surface area (Å²) in [7, 11) is -2.92. The third kappa shape index (κ3) is 3.85. The molecule has 0 aliphatic carbocycles. The fraction of sp³-hybridized carbons (Fsp3) is 0.188. The van der Waals surface area contributed by atoms with Crippen LogP contribution in [0.4, 0.5) is 10.1 Å². The van der Waals surface area contributed by atoms with Gasteiger partial charge in [-0.25, -0.2) is 12.8 Å². The Hall–Kier alpha value is -2.12. The number of aryl methyl sites for hydroxylation is 1. The quantitative estimate of drug-likeness (QED) is 0.757. The van der Waals surface area contributed by atoms with E-state index in [4.69, 9.17) is 11.6 Å². The van der Waals surface area contributed by atoms with Gasteiger partial charge in [0.05, 0.1) is 17.7 Å². The van der Waals surface area contributed by atoms with Gasteiger partial charge >= 0.3 is 5.97 Å². The fourth-order valence-electron chi connectivity index (χ4n) is 2.01. The lowest BCUT2D eigenvalue weighted by Gasteiger charge is -2.24. The number of sulfonamides is 1. The summed E-state index contributed by atoms with van der Waals surface area (Å²) in [6.07, 6.45) is 0. The summed E-state index contributed by atoms with van der Waals surface area (Å²) in [5.41, 5.74) is 0.907. The molecule has 0 aliphatic rings. The van der Waals surface area contributed by atoms with Gasteiger partial charge in [-0.05, 0) is 55.0 Å². The summed E-state index contributed by atoms with van der Waals surface area (Å²) in [4.78, 5) is 11.5. The molecule has 2 aromatic carbocycles. The molecule has 0 saturated heterocycles. The van der Waals surface area contributed by atoms with E-state index in [9.17, 15) is 17.6 Å². The van der Waals surface area contributed by atoms with Gasteiger partial charge in [0.1, 0.15) is 12.4 Å². The van der Waals surface area contributed by atoms with Crippen molar-refractivity contribution >= 4 is 33.3 Å². The molecule has 0 N–H and O–H groups in total. The van der Waals surface area contributed by atoms with Gasteiger partial charge in [0.25, 0.3) is 10.0 Å². The third-order valence-corrected chi connectivity index (χ3v) is 5.54. The summed E-state index contributed by atoms with van der Waals surface area (Å²) in [6, 6.07) is 8.92. The molecule has 0 fully saturated rings. The lowest BCUT2D eigenvalue weighted by Crippen LogP contribution is -2.36. The van der Waals surface area contributed by atoms with Gasteiger partial charge in [0.2, 0.25) is 0 Å². The molecule has 0 spiro atoms. The molecule has 0 aromatic heterocycles. The number of hydrogen-bond acceptors (Lipinski definition) is 4. The Morgan fingerprint density at radius 2 is 1.83 bits per heavy atom. The molecule has 0 atom stereocenters. The van der Waals surface area contributed by atoms with Gasteiger partial charge in [-0.15, -0.1) is 0 Å². The van der Waals surface area contributed by atoms with Crippen LogP contribution in [-0.4, -0.2) is 28.0 Å². The topological polar surface area (TPSA) is 63.7 Å². The predicted octanol–water partition coefficient (Wildman–Crippen LogP) is 3.16. The minimum Gasteiger partial charge on any atom is -0.468 e. The van der Waals surface area contributed by atoms with Crippen molar-refractivity contribution in [3.63, 3.8) is 0 Å². The van der Waals surface area contributed by atoms with Gasteiger partial charge in [0.15, 0.2) is 0 Å². The van der Waals surface area contributed by atoms with Crippen molar-refractivity contribution < 1.29 is 22.3 Å². The van der Waals surface area contributed by atoms with Crippen molar-refractivity contribution in [1.29, 1.82) is 0 Å². The number of methoxy groups -OCH3 is 1. The first-order chi connectivity index (χ1) is 11.3. The summed E-state index contributed by atoms with van der Waals surface area (Å²) in [6.45, 7) is 1.20. The van der Waals surface area contributed by atoms with Crippen molar-refractivity contribution in [2.45, 2.75) is 11.8 Å². The smallest absolute Gasteiger partial charge is 0.326 e. The molecule has 128 valence electrons. The van der Waals surface area contributed by atoms with Crippen LogP contribution in [0.3, 0.4) is 0 Å². The van der Waals surface area contributed by atoms with E-state index in [-0.39, 0.29) is 10.6 Å². The van der Waals surface area contributed by atoms with Gasteiger partial charge in [-0.3, -0.25) is 9.10 Å². The minimum atomic E-state index is -4.08. The molecule has 0 radical (unpaired) electrons. The molecule has 0 bridgehead atoms. The van der Waals surface area contributed by atoms with E-state index in [1.54, 1.807) is 13.0 Å². The molecule has 8 heteroatoms. The van der Waals surface area contributed by atoms with Crippen molar-refractivity contribution in [2.24, 2.45) is 0 Å². The summed E-state index contributed by atoms with van der Waals surface area (Å²) in [5, 5.41) is 0.468. The Kier molecular flexibility index (Phi) is 5.46. The van der Waals surface area contributed by atoms with E-state index in [0.717, 1.165) is 35.7 Å². The number of halogens is 2. The number of rotatable bonds is 5. The summed E-state index contributed by atoms with van der Waals surface area (Å²) >= 11 is 5.97. The fourth-order valence-corrected chi connectivity index (χ4v) is 3.53. The second kappa shape index (κ2) is 7.19. The van der Waals surface area contributed by atoms with Crippen molar-refractivity contribution in [3.05, 3.63) is 58.9 Å². The van der Waals surface area contributed by atoms with Crippen LogP contribution in [0.25, 0.3) is 0 Å². The zero-order valence-corrected chi connectivity index (χ0v) is 14.6. The maximum Gasteiger partial charge on any atom is 0.326 e. The third-order valence-electron chi connectivity index (χ3n) is 3.33. The van der Waals surface area contributed by atoms with E-state index < -0.39 is 28.4 Å². The monoisotopic (exact) mass is 371 g/mol. The van der Waals surface area contributed by atoms with Crippen LogP contribution in [0.1, 0.15) is 5.56 Å². The Bertz CT molecular complexity index is 853. The normalized spacial score (nSPS) is 11.2. The highest BCUT2D eigenvalue weighted by molar-refractivity contribution is 7.92. The van der Waals surface area contributed by atoms with Gasteiger partial charge in [-0.1, -0.05) is 11.6 Å². The van der Waals surface area contributed by atoms with Crippen LogP contribution < -0.4 is 4.31 Å². The molecule has 0 heterocycles. The van der Waals surface area contributed by atoms with Crippen LogP contribution in [0, 0.1) is 12.7 Å². The highest BCUT2D eigenvalue weighted by atomic mass is 35.5. The molecule has 24 heavy (non-hydrogen) atoms. The average molecular weight is 372 g/mol. The molecule has 0 unspecified atom stereocenters. The average Bonchev–Trinajstić information content (AvgIpc) is 2.55. The molecule has 2 aromatic rings. The number of hydrogen-bond donors (Lipinski definition) is 0. The number of carbonyl (C=O) groups excluding carboxylic acids is 1. The number of esters is 1. The zero-order valence-electron chi connectivity index (χ0n) is 13.0. The van der Waals surface area contributed by atoms with Gasteiger partial charge < -0.3 is 4.74 Å². The van der Waals surface area contributed by atoms with Gasteiger partial charge in [-0.2, -0.15) is 0 Å². The largest absolute Gasteiger partial charge is 0.468 e. The Balaban J connectivity index is 2.54. The summed E-state index contributed by atoms with van der Waals surface area (Å²) < 4.78 is 44.2. The van der Waals surface area contributed by atoms with E-state index in [2.05, 4.69) is 4.74 Å². The lowest BCUT2D eigenvalue weighted by molar-refractivity contribution is -0.138. The number of nitrogens with zero attached hydrogens (tertiary/aromatic N) is 1. The lowest BCUT2D eigenvalue weighted by atomic mass is 10.2. The van der Waals surface area contributed by atoms with Crippen molar-refractivity contribution in [3.8, 4) is 0 Å². The second-order valence-corrected chi connectivity index (χ2v) is 7.24. The second-order valence-electron chi connectivity index (χ2n) is 4.98. The maximum atomic E-state index is 13.1. The number of carbonyl (C=O) groups is 1. The molecule has 0 aliphatic heterocycles. The standard InChI is InChI=1S/C16H15ClFNO4S/c1-11-9-13(5-8-15(11)17)19(10-16(20)23-2)24(21,22)14-6-3-12(18)4-7-14/h3-9H,10H2,1-2H3. The van der Waals surface area contributed by atoms with E-state index in [1.807, 2.05) is 0 Å². The molecular weight excluding hydrogens is 357 g/mol. The van der Waals surface area contributed by atoms with Gasteiger partial charge in [0, 0.05) is 5.02 Å². The van der Waals surface area contributed by atoms with Crippen molar-refractivity contribution in [2.75, 3.05) is 18.0 Å². The Labute approximate surface area is 144 Å². The van der Waals surface area contributed by atoms with Crippen LogP contribution >= 0.6 is 11.6 Å². The first-order valence-electron chi connectivity index (χ1n) is 6.87. The van der Waals surface area contributed by atoms with Crippen LogP contribution in [0.5, 0.6) is 0 Å². The Morgan fingerprint density at radius 3 is 2.38 bits per heavy atom. The van der Waals surface area contributed by atoms with E-state index in [0.29, 0.717) is 10.6 Å². The van der Waals surface area contributed by atoms with Crippen LogP contribution in [0.2, 0.25) is 5.02 Å². The van der Waals surface area contributed by atoms with E-state index >= 15 is 0 Å². The Morgan fingerprint density at radius 1 is 1.21 bits per heavy atom. The highest BCUT2D eigenvalue weighted by Crippen LogP contribution is 2.27. The number of ether oxygens (including phenoxy) is 1. The minimum absolute atomic E-state index is 0.139. The molecule has 0 saturated carbocycles. The van der Waals surface area contributed by atoms with Crippen LogP contribution in [-0.2, 0) is 19.6 Å².